The van der Waals surface area contributed by atoms with E-state index in [-0.39, 0.29) is 24.2 Å². The molecule has 3 aromatic carbocycles. The van der Waals surface area contributed by atoms with E-state index in [1.165, 1.54) is 0 Å². The number of nitrogens with one attached hydrogen (secondary N) is 1. The van der Waals surface area contributed by atoms with Gasteiger partial charge in [0.05, 0.1) is 0 Å². The Balaban J connectivity index is 1.60. The number of nitrogens with zero attached hydrogens (tertiary/aromatic N) is 1. The van der Waals surface area contributed by atoms with Crippen molar-refractivity contribution in [1.82, 2.24) is 4.57 Å². The smallest absolute Gasteiger partial charge is 0.244 e. The molecule has 0 unspecified atom stereocenters. The summed E-state index contributed by atoms with van der Waals surface area (Å²) in [5.74, 6) is -0.129. The normalized spacial score (nSPS) is 11.2. The number of amides is 1. The molecule has 0 fully saturated rings. The Morgan fingerprint density at radius 3 is 2.43 bits per heavy atom. The molecule has 0 bridgehead atoms. The van der Waals surface area contributed by atoms with Crippen LogP contribution < -0.4 is 5.32 Å². The van der Waals surface area contributed by atoms with E-state index in [1.807, 2.05) is 85.1 Å². The number of carbonyl (C=O) groups is 2. The van der Waals surface area contributed by atoms with Crippen LogP contribution in [0.15, 0.2) is 72.9 Å². The summed E-state index contributed by atoms with van der Waals surface area (Å²) < 4.78 is 1.85. The fourth-order valence-corrected chi connectivity index (χ4v) is 3.51. The van der Waals surface area contributed by atoms with Gasteiger partial charge in [0.25, 0.3) is 0 Å². The molecule has 4 heteroatoms. The molecule has 0 saturated heterocycles. The first-order valence-corrected chi connectivity index (χ1v) is 9.43. The molecule has 0 saturated carbocycles. The van der Waals surface area contributed by atoms with Gasteiger partial charge in [-0.3, -0.25) is 9.59 Å². The number of ketones is 1. The lowest BCUT2D eigenvalue weighted by Gasteiger charge is -2.08. The lowest BCUT2D eigenvalue weighted by atomic mass is 10.0. The van der Waals surface area contributed by atoms with Crippen LogP contribution in [0.4, 0.5) is 5.69 Å². The summed E-state index contributed by atoms with van der Waals surface area (Å²) in [5, 5.41) is 6.07. The molecule has 1 aromatic heterocycles. The van der Waals surface area contributed by atoms with E-state index in [4.69, 9.17) is 0 Å². The summed E-state index contributed by atoms with van der Waals surface area (Å²) in [6.45, 7) is 3.93. The van der Waals surface area contributed by atoms with Gasteiger partial charge in [0.1, 0.15) is 6.54 Å². The second kappa shape index (κ2) is 7.31. The first-order chi connectivity index (χ1) is 13.5. The molecule has 0 atom stereocenters. The number of hydrogen-bond donors (Lipinski definition) is 1. The second-order valence-corrected chi connectivity index (χ2v) is 7.32. The number of aromatic nitrogens is 1. The molecular formula is C24H22N2O2. The van der Waals surface area contributed by atoms with E-state index < -0.39 is 0 Å². The Labute approximate surface area is 163 Å². The third-order valence-corrected chi connectivity index (χ3v) is 4.93. The van der Waals surface area contributed by atoms with E-state index in [0.29, 0.717) is 5.56 Å². The number of fused-ring (bicyclic) bond motifs is 2. The predicted molar refractivity (Wildman–Crippen MR) is 114 cm³/mol. The number of rotatable bonds is 5. The quantitative estimate of drug-likeness (QED) is 0.486. The zero-order valence-electron chi connectivity index (χ0n) is 16.0. The first-order valence-electron chi connectivity index (χ1n) is 9.43. The number of benzene rings is 3. The third kappa shape index (κ3) is 3.41. The lowest BCUT2D eigenvalue weighted by Crippen LogP contribution is -2.18. The van der Waals surface area contributed by atoms with Gasteiger partial charge in [0.15, 0.2) is 5.78 Å². The third-order valence-electron chi connectivity index (χ3n) is 4.93. The van der Waals surface area contributed by atoms with E-state index in [0.717, 1.165) is 27.4 Å². The van der Waals surface area contributed by atoms with Crippen molar-refractivity contribution in [2.45, 2.75) is 20.4 Å². The van der Waals surface area contributed by atoms with Crippen LogP contribution in [0, 0.1) is 5.92 Å². The number of carbonyl (C=O) groups excluding carboxylic acids is 2. The second-order valence-electron chi connectivity index (χ2n) is 7.32. The van der Waals surface area contributed by atoms with Crippen molar-refractivity contribution >= 4 is 39.1 Å². The van der Waals surface area contributed by atoms with Crippen LogP contribution in [-0.4, -0.2) is 16.3 Å². The van der Waals surface area contributed by atoms with Crippen molar-refractivity contribution in [3.63, 3.8) is 0 Å². The minimum atomic E-state index is -0.125. The molecule has 0 spiro atoms. The van der Waals surface area contributed by atoms with Gasteiger partial charge >= 0.3 is 0 Å². The molecular weight excluding hydrogens is 348 g/mol. The monoisotopic (exact) mass is 370 g/mol. The first kappa shape index (κ1) is 18.0. The molecule has 0 aliphatic carbocycles. The molecule has 0 aliphatic rings. The minimum Gasteiger partial charge on any atom is -0.337 e. The molecule has 0 aliphatic heterocycles. The predicted octanol–water partition coefficient (Wildman–Crippen LogP) is 5.27. The molecule has 4 aromatic rings. The summed E-state index contributed by atoms with van der Waals surface area (Å²) in [7, 11) is 0. The zero-order chi connectivity index (χ0) is 19.7. The molecule has 28 heavy (non-hydrogen) atoms. The highest BCUT2D eigenvalue weighted by Gasteiger charge is 2.18. The van der Waals surface area contributed by atoms with E-state index in [2.05, 4.69) is 5.32 Å². The van der Waals surface area contributed by atoms with Crippen molar-refractivity contribution < 1.29 is 9.59 Å². The molecule has 4 rings (SSSR count). The van der Waals surface area contributed by atoms with Crippen LogP contribution >= 0.6 is 0 Å². The van der Waals surface area contributed by atoms with E-state index in [9.17, 15) is 9.59 Å². The number of anilines is 1. The van der Waals surface area contributed by atoms with Crippen LogP contribution in [0.5, 0.6) is 0 Å². The fraction of sp³-hybridized carbons (Fsp3) is 0.167. The van der Waals surface area contributed by atoms with Gasteiger partial charge < -0.3 is 9.88 Å². The minimum absolute atomic E-state index is 0.0879. The van der Waals surface area contributed by atoms with E-state index in [1.54, 1.807) is 6.20 Å². The van der Waals surface area contributed by atoms with Gasteiger partial charge in [0.2, 0.25) is 5.91 Å². The number of Topliss-reactive ketones (excluding diaryl/α,β-unsaturated/α-hetero) is 1. The molecule has 0 radical (unpaired) electrons. The number of para-hydroxylation sites is 1. The summed E-state index contributed by atoms with van der Waals surface area (Å²) in [6.07, 6.45) is 1.80. The highest BCUT2D eigenvalue weighted by Crippen LogP contribution is 2.24. The average Bonchev–Trinajstić information content (AvgIpc) is 3.05. The van der Waals surface area contributed by atoms with Crippen LogP contribution in [0.1, 0.15) is 24.2 Å². The Morgan fingerprint density at radius 1 is 0.929 bits per heavy atom. The van der Waals surface area contributed by atoms with Crippen LogP contribution in [0.25, 0.3) is 21.7 Å². The topological polar surface area (TPSA) is 51.1 Å². The van der Waals surface area contributed by atoms with Crippen molar-refractivity contribution in [2.75, 3.05) is 5.32 Å². The van der Waals surface area contributed by atoms with Gasteiger partial charge in [-0.1, -0.05) is 62.4 Å². The SMILES string of the molecule is CC(C)C(=O)c1cn(CC(=O)Nc2ccc3ccccc3c2)c2ccccc12. The summed E-state index contributed by atoms with van der Waals surface area (Å²) >= 11 is 0. The maximum atomic E-state index is 12.7. The largest absolute Gasteiger partial charge is 0.337 e. The summed E-state index contributed by atoms with van der Waals surface area (Å²) in [6, 6.07) is 21.6. The lowest BCUT2D eigenvalue weighted by molar-refractivity contribution is -0.116. The number of hydrogen-bond acceptors (Lipinski definition) is 2. The Kier molecular flexibility index (Phi) is 4.70. The van der Waals surface area contributed by atoms with Gasteiger partial charge in [-0.2, -0.15) is 0 Å². The van der Waals surface area contributed by atoms with Crippen LogP contribution in [-0.2, 0) is 11.3 Å². The van der Waals surface area contributed by atoms with Gasteiger partial charge in [-0.25, -0.2) is 0 Å². The summed E-state index contributed by atoms with van der Waals surface area (Å²) in [4.78, 5) is 25.2. The van der Waals surface area contributed by atoms with Crippen molar-refractivity contribution in [3.8, 4) is 0 Å². The standard InChI is InChI=1S/C24H22N2O2/c1-16(2)24(28)21-14-26(22-10-6-5-9-20(21)22)15-23(27)25-19-12-11-17-7-3-4-8-18(17)13-19/h3-14,16H,15H2,1-2H3,(H,25,27). The molecule has 140 valence electrons. The molecule has 4 nitrogen and oxygen atoms in total. The molecule has 1 heterocycles. The Bertz CT molecular complexity index is 1190. The Hall–Kier alpha value is -3.40. The van der Waals surface area contributed by atoms with Crippen LogP contribution in [0.3, 0.4) is 0 Å². The van der Waals surface area contributed by atoms with E-state index >= 15 is 0 Å². The van der Waals surface area contributed by atoms with Gasteiger partial charge in [0, 0.05) is 34.3 Å². The molecule has 1 amide bonds. The zero-order valence-corrected chi connectivity index (χ0v) is 16.0. The Morgan fingerprint density at radius 2 is 1.64 bits per heavy atom. The maximum absolute atomic E-state index is 12.7. The molecule has 1 N–H and O–H groups in total. The van der Waals surface area contributed by atoms with Crippen molar-refractivity contribution in [2.24, 2.45) is 5.92 Å². The highest BCUT2D eigenvalue weighted by molar-refractivity contribution is 6.09. The maximum Gasteiger partial charge on any atom is 0.244 e. The van der Waals surface area contributed by atoms with Gasteiger partial charge in [-0.05, 0) is 29.0 Å². The average molecular weight is 370 g/mol. The summed E-state index contributed by atoms with van der Waals surface area (Å²) in [5.41, 5.74) is 2.32. The van der Waals surface area contributed by atoms with Gasteiger partial charge in [-0.15, -0.1) is 0 Å². The highest BCUT2D eigenvalue weighted by atomic mass is 16.2. The fourth-order valence-electron chi connectivity index (χ4n) is 3.51. The van der Waals surface area contributed by atoms with Crippen LogP contribution in [0.2, 0.25) is 0 Å². The van der Waals surface area contributed by atoms with Crippen molar-refractivity contribution in [1.29, 1.82) is 0 Å². The van der Waals surface area contributed by atoms with Crippen molar-refractivity contribution in [3.05, 3.63) is 78.5 Å².